The van der Waals surface area contributed by atoms with E-state index in [9.17, 15) is 9.59 Å². The fraction of sp³-hybridized carbons (Fsp3) is 0.647. The van der Waals surface area contributed by atoms with E-state index in [0.717, 1.165) is 25.1 Å². The number of rotatable bonds is 2. The van der Waals surface area contributed by atoms with Crippen LogP contribution in [0.4, 0.5) is 10.6 Å². The van der Waals surface area contributed by atoms with E-state index in [4.69, 9.17) is 4.74 Å². The topological polar surface area (TPSA) is 75.6 Å². The molecule has 1 aromatic heterocycles. The minimum Gasteiger partial charge on any atom is -0.447 e. The first kappa shape index (κ1) is 16.7. The van der Waals surface area contributed by atoms with E-state index in [1.807, 2.05) is 25.7 Å². The monoisotopic (exact) mass is 332 g/mol. The van der Waals surface area contributed by atoms with Gasteiger partial charge in [-0.05, 0) is 12.8 Å². The quantitative estimate of drug-likeness (QED) is 0.830. The molecule has 2 aliphatic rings. The smallest absolute Gasteiger partial charge is 0.415 e. The van der Waals surface area contributed by atoms with Gasteiger partial charge in [0.05, 0.1) is 18.4 Å². The molecule has 3 heterocycles. The van der Waals surface area contributed by atoms with Gasteiger partial charge in [0.1, 0.15) is 6.61 Å². The molecule has 2 amide bonds. The summed E-state index contributed by atoms with van der Waals surface area (Å²) in [5.41, 5.74) is 0.452. The van der Waals surface area contributed by atoms with Crippen LogP contribution in [0.5, 0.6) is 0 Å². The number of hydrogen-bond acceptors (Lipinski definition) is 5. The van der Waals surface area contributed by atoms with E-state index in [0.29, 0.717) is 25.5 Å². The second-order valence-electron chi connectivity index (χ2n) is 7.41. The standard InChI is InChI=1S/C17H24N4O3/c1-17(2,3)15(22)20-6-4-5-12(11-20)13-9-18-10-14(19-13)21-7-8-24-16(21)23/h9-10,12H,4-8,11H2,1-3H3/t12-/m0/s1. The highest BCUT2D eigenvalue weighted by molar-refractivity contribution is 5.87. The van der Waals surface area contributed by atoms with E-state index >= 15 is 0 Å². The zero-order valence-electron chi connectivity index (χ0n) is 14.5. The molecule has 0 radical (unpaired) electrons. The highest BCUT2D eigenvalue weighted by Crippen LogP contribution is 2.29. The third-order valence-corrected chi connectivity index (χ3v) is 4.45. The van der Waals surface area contributed by atoms with E-state index in [2.05, 4.69) is 9.97 Å². The number of ether oxygens (including phenoxy) is 1. The first-order valence-electron chi connectivity index (χ1n) is 8.42. The van der Waals surface area contributed by atoms with Crippen LogP contribution in [0, 0.1) is 5.41 Å². The van der Waals surface area contributed by atoms with Gasteiger partial charge in [0.15, 0.2) is 5.82 Å². The van der Waals surface area contributed by atoms with Crippen LogP contribution in [0.3, 0.4) is 0 Å². The maximum Gasteiger partial charge on any atom is 0.415 e. The van der Waals surface area contributed by atoms with Gasteiger partial charge >= 0.3 is 6.09 Å². The van der Waals surface area contributed by atoms with E-state index < -0.39 is 0 Å². The first-order chi connectivity index (χ1) is 11.4. The van der Waals surface area contributed by atoms with Crippen molar-refractivity contribution in [3.8, 4) is 0 Å². The normalized spacial score (nSPS) is 21.8. The molecule has 2 fully saturated rings. The Bertz CT molecular complexity index is 641. The zero-order chi connectivity index (χ0) is 17.3. The van der Waals surface area contributed by atoms with Crippen molar-refractivity contribution in [1.82, 2.24) is 14.9 Å². The average Bonchev–Trinajstić information content (AvgIpc) is 2.99. The number of hydrogen-bond donors (Lipinski definition) is 0. The summed E-state index contributed by atoms with van der Waals surface area (Å²) in [7, 11) is 0. The Balaban J connectivity index is 1.76. The van der Waals surface area contributed by atoms with Crippen molar-refractivity contribution in [2.75, 3.05) is 31.1 Å². The number of likely N-dealkylation sites (tertiary alicyclic amines) is 1. The summed E-state index contributed by atoms with van der Waals surface area (Å²) < 4.78 is 4.96. The van der Waals surface area contributed by atoms with Gasteiger partial charge < -0.3 is 9.64 Å². The number of carbonyl (C=O) groups excluding carboxylic acids is 2. The summed E-state index contributed by atoms with van der Waals surface area (Å²) in [4.78, 5) is 36.5. The lowest BCUT2D eigenvalue weighted by Gasteiger charge is -2.36. The Kier molecular flexibility index (Phi) is 4.43. The fourth-order valence-corrected chi connectivity index (χ4v) is 3.18. The maximum absolute atomic E-state index is 12.5. The third-order valence-electron chi connectivity index (χ3n) is 4.45. The Hall–Kier alpha value is -2.18. The summed E-state index contributed by atoms with van der Waals surface area (Å²) in [6, 6.07) is 0. The molecule has 7 nitrogen and oxygen atoms in total. The predicted octanol–water partition coefficient (Wildman–Crippen LogP) is 2.19. The van der Waals surface area contributed by atoms with Crippen LogP contribution in [-0.4, -0.2) is 53.1 Å². The fourth-order valence-electron chi connectivity index (χ4n) is 3.18. The van der Waals surface area contributed by atoms with Crippen LogP contribution in [0.15, 0.2) is 12.4 Å². The molecule has 7 heteroatoms. The van der Waals surface area contributed by atoms with Crippen LogP contribution >= 0.6 is 0 Å². The summed E-state index contributed by atoms with van der Waals surface area (Å²) in [6.07, 6.45) is 4.85. The number of amides is 2. The molecule has 1 atom stereocenters. The van der Waals surface area contributed by atoms with Crippen LogP contribution in [0.25, 0.3) is 0 Å². The molecule has 0 N–H and O–H groups in total. The highest BCUT2D eigenvalue weighted by Gasteiger charge is 2.32. The minimum atomic E-state index is -0.380. The van der Waals surface area contributed by atoms with Crippen LogP contribution < -0.4 is 4.90 Å². The van der Waals surface area contributed by atoms with Crippen molar-refractivity contribution in [2.45, 2.75) is 39.5 Å². The molecule has 3 rings (SSSR count). The molecule has 130 valence electrons. The van der Waals surface area contributed by atoms with Crippen molar-refractivity contribution in [1.29, 1.82) is 0 Å². The summed E-state index contributed by atoms with van der Waals surface area (Å²) >= 11 is 0. The van der Waals surface area contributed by atoms with Crippen molar-refractivity contribution < 1.29 is 14.3 Å². The molecular formula is C17H24N4O3. The van der Waals surface area contributed by atoms with Gasteiger partial charge in [-0.1, -0.05) is 20.8 Å². The maximum atomic E-state index is 12.5. The van der Waals surface area contributed by atoms with E-state index in [-0.39, 0.29) is 23.3 Å². The molecule has 1 aromatic rings. The average molecular weight is 332 g/mol. The van der Waals surface area contributed by atoms with Crippen molar-refractivity contribution in [3.05, 3.63) is 18.1 Å². The number of carbonyl (C=O) groups is 2. The van der Waals surface area contributed by atoms with Gasteiger partial charge in [-0.2, -0.15) is 0 Å². The molecule has 0 unspecified atom stereocenters. The Morgan fingerprint density at radius 3 is 2.75 bits per heavy atom. The lowest BCUT2D eigenvalue weighted by Crippen LogP contribution is -2.44. The van der Waals surface area contributed by atoms with E-state index in [1.54, 1.807) is 12.4 Å². The second kappa shape index (κ2) is 6.37. The molecule has 0 saturated carbocycles. The molecule has 0 bridgehead atoms. The third kappa shape index (κ3) is 3.34. The molecule has 2 aliphatic heterocycles. The highest BCUT2D eigenvalue weighted by atomic mass is 16.6. The molecule has 0 aromatic carbocycles. The van der Waals surface area contributed by atoms with Crippen LogP contribution in [-0.2, 0) is 9.53 Å². The molecule has 24 heavy (non-hydrogen) atoms. The number of nitrogens with zero attached hydrogens (tertiary/aromatic N) is 4. The van der Waals surface area contributed by atoms with Gasteiger partial charge in [-0.3, -0.25) is 14.7 Å². The number of anilines is 1. The second-order valence-corrected chi connectivity index (χ2v) is 7.41. The van der Waals surface area contributed by atoms with Crippen molar-refractivity contribution in [2.24, 2.45) is 5.41 Å². The van der Waals surface area contributed by atoms with Gasteiger partial charge in [0.25, 0.3) is 0 Å². The Labute approximate surface area is 142 Å². The Morgan fingerprint density at radius 2 is 2.08 bits per heavy atom. The lowest BCUT2D eigenvalue weighted by molar-refractivity contribution is -0.140. The Morgan fingerprint density at radius 1 is 1.29 bits per heavy atom. The lowest BCUT2D eigenvalue weighted by atomic mass is 9.90. The van der Waals surface area contributed by atoms with Crippen molar-refractivity contribution in [3.63, 3.8) is 0 Å². The number of aromatic nitrogens is 2. The molecular weight excluding hydrogens is 308 g/mol. The van der Waals surface area contributed by atoms with Crippen molar-refractivity contribution >= 4 is 17.8 Å². The van der Waals surface area contributed by atoms with Crippen LogP contribution in [0.2, 0.25) is 0 Å². The zero-order valence-corrected chi connectivity index (χ0v) is 14.5. The minimum absolute atomic E-state index is 0.149. The number of cyclic esters (lactones) is 1. The summed E-state index contributed by atoms with van der Waals surface area (Å²) in [5, 5.41) is 0. The van der Waals surface area contributed by atoms with Gasteiger partial charge in [-0.15, -0.1) is 0 Å². The first-order valence-corrected chi connectivity index (χ1v) is 8.42. The SMILES string of the molecule is CC(C)(C)C(=O)N1CCC[C@H](c2cncc(N3CCOC3=O)n2)C1. The molecule has 0 aliphatic carbocycles. The largest absolute Gasteiger partial charge is 0.447 e. The van der Waals surface area contributed by atoms with Crippen LogP contribution in [0.1, 0.15) is 45.2 Å². The molecule has 2 saturated heterocycles. The van der Waals surface area contributed by atoms with Gasteiger partial charge in [0, 0.05) is 30.6 Å². The van der Waals surface area contributed by atoms with Gasteiger partial charge in [0.2, 0.25) is 5.91 Å². The van der Waals surface area contributed by atoms with E-state index in [1.165, 1.54) is 4.90 Å². The predicted molar refractivity (Wildman–Crippen MR) is 88.7 cm³/mol. The van der Waals surface area contributed by atoms with Gasteiger partial charge in [-0.25, -0.2) is 9.78 Å². The number of piperidine rings is 1. The molecule has 0 spiro atoms. The summed E-state index contributed by atoms with van der Waals surface area (Å²) in [5.74, 6) is 0.838. The summed E-state index contributed by atoms with van der Waals surface area (Å²) in [6.45, 7) is 8.14.